The zero-order chi connectivity index (χ0) is 18.7. The van der Waals surface area contributed by atoms with E-state index in [0.717, 1.165) is 47.7 Å². The first kappa shape index (κ1) is 18.3. The van der Waals surface area contributed by atoms with Crippen LogP contribution in [-0.4, -0.2) is 63.2 Å². The number of carbonyl (C=O) groups excluding carboxylic acids is 1. The Bertz CT molecular complexity index is 749. The first-order chi connectivity index (χ1) is 12.5. The van der Waals surface area contributed by atoms with E-state index in [1.54, 1.807) is 14.2 Å². The maximum atomic E-state index is 12.7. The molecule has 1 fully saturated rings. The minimum Gasteiger partial charge on any atom is -0.497 e. The van der Waals surface area contributed by atoms with Crippen LogP contribution in [0.5, 0.6) is 11.5 Å². The summed E-state index contributed by atoms with van der Waals surface area (Å²) in [6, 6.07) is 13.9. The van der Waals surface area contributed by atoms with Gasteiger partial charge in [0.05, 0.1) is 14.2 Å². The summed E-state index contributed by atoms with van der Waals surface area (Å²) in [5.41, 5.74) is 2.74. The molecule has 1 heterocycles. The Morgan fingerprint density at radius 3 is 2.12 bits per heavy atom. The predicted molar refractivity (Wildman–Crippen MR) is 103 cm³/mol. The van der Waals surface area contributed by atoms with Gasteiger partial charge in [-0.1, -0.05) is 12.1 Å². The second-order valence-corrected chi connectivity index (χ2v) is 6.84. The summed E-state index contributed by atoms with van der Waals surface area (Å²) < 4.78 is 10.7. The Morgan fingerprint density at radius 1 is 1.00 bits per heavy atom. The van der Waals surface area contributed by atoms with Crippen molar-refractivity contribution in [2.24, 2.45) is 0 Å². The van der Waals surface area contributed by atoms with E-state index in [2.05, 4.69) is 19.0 Å². The number of carbonyl (C=O) groups is 1. The lowest BCUT2D eigenvalue weighted by molar-refractivity contribution is 0.0783. The summed E-state index contributed by atoms with van der Waals surface area (Å²) in [7, 11) is 7.40. The van der Waals surface area contributed by atoms with Crippen LogP contribution in [0.1, 0.15) is 16.8 Å². The third-order valence-corrected chi connectivity index (χ3v) is 5.00. The van der Waals surface area contributed by atoms with E-state index in [4.69, 9.17) is 9.47 Å². The van der Waals surface area contributed by atoms with Gasteiger partial charge < -0.3 is 19.3 Å². The number of ether oxygens (including phenoxy) is 2. The molecule has 138 valence electrons. The zero-order valence-electron chi connectivity index (χ0n) is 15.9. The Balaban J connectivity index is 1.78. The van der Waals surface area contributed by atoms with Gasteiger partial charge in [-0.15, -0.1) is 0 Å². The van der Waals surface area contributed by atoms with Crippen molar-refractivity contribution in [3.63, 3.8) is 0 Å². The van der Waals surface area contributed by atoms with E-state index in [-0.39, 0.29) is 5.91 Å². The van der Waals surface area contributed by atoms with Crippen molar-refractivity contribution in [1.29, 1.82) is 0 Å². The second kappa shape index (κ2) is 7.79. The average molecular weight is 354 g/mol. The van der Waals surface area contributed by atoms with Crippen molar-refractivity contribution in [3.8, 4) is 22.6 Å². The number of hydrogen-bond acceptors (Lipinski definition) is 4. The quantitative estimate of drug-likeness (QED) is 0.827. The second-order valence-electron chi connectivity index (χ2n) is 6.84. The Labute approximate surface area is 155 Å². The smallest absolute Gasteiger partial charge is 0.253 e. The molecule has 0 saturated carbocycles. The maximum absolute atomic E-state index is 12.7. The van der Waals surface area contributed by atoms with Crippen LogP contribution in [0.3, 0.4) is 0 Å². The molecule has 2 aromatic carbocycles. The molecule has 0 radical (unpaired) electrons. The van der Waals surface area contributed by atoms with E-state index in [0.29, 0.717) is 6.04 Å². The number of likely N-dealkylation sites (tertiary alicyclic amines) is 1. The first-order valence-electron chi connectivity index (χ1n) is 8.81. The van der Waals surface area contributed by atoms with Crippen molar-refractivity contribution in [2.45, 2.75) is 12.5 Å². The van der Waals surface area contributed by atoms with Crippen LogP contribution in [-0.2, 0) is 0 Å². The summed E-state index contributed by atoms with van der Waals surface area (Å²) >= 11 is 0. The molecule has 1 aliphatic rings. The van der Waals surface area contributed by atoms with E-state index in [1.165, 1.54) is 0 Å². The molecule has 1 saturated heterocycles. The topological polar surface area (TPSA) is 42.0 Å². The summed E-state index contributed by atoms with van der Waals surface area (Å²) in [5.74, 6) is 1.58. The Hall–Kier alpha value is -2.53. The Morgan fingerprint density at radius 2 is 1.62 bits per heavy atom. The zero-order valence-corrected chi connectivity index (χ0v) is 15.9. The van der Waals surface area contributed by atoms with E-state index in [9.17, 15) is 4.79 Å². The van der Waals surface area contributed by atoms with Crippen LogP contribution in [0.15, 0.2) is 42.5 Å². The van der Waals surface area contributed by atoms with Gasteiger partial charge in [-0.2, -0.15) is 0 Å². The van der Waals surface area contributed by atoms with Gasteiger partial charge in [-0.3, -0.25) is 4.79 Å². The van der Waals surface area contributed by atoms with E-state index in [1.807, 2.05) is 47.4 Å². The highest BCUT2D eigenvalue weighted by molar-refractivity contribution is 5.95. The van der Waals surface area contributed by atoms with Crippen LogP contribution >= 0.6 is 0 Å². The van der Waals surface area contributed by atoms with Gasteiger partial charge in [-0.25, -0.2) is 0 Å². The van der Waals surface area contributed by atoms with Gasteiger partial charge in [0.15, 0.2) is 0 Å². The fraction of sp³-hybridized carbons (Fsp3) is 0.381. The van der Waals surface area contributed by atoms with Crippen LogP contribution in [0.4, 0.5) is 0 Å². The van der Waals surface area contributed by atoms with Gasteiger partial charge in [0.25, 0.3) is 5.91 Å². The fourth-order valence-electron chi connectivity index (χ4n) is 3.31. The lowest BCUT2D eigenvalue weighted by Gasteiger charge is -2.20. The van der Waals surface area contributed by atoms with Crippen LogP contribution in [0.2, 0.25) is 0 Å². The van der Waals surface area contributed by atoms with Gasteiger partial charge in [0, 0.05) is 30.8 Å². The monoisotopic (exact) mass is 354 g/mol. The third kappa shape index (κ3) is 3.83. The summed E-state index contributed by atoms with van der Waals surface area (Å²) in [4.78, 5) is 16.9. The molecule has 0 spiro atoms. The van der Waals surface area contributed by atoms with Gasteiger partial charge in [0.2, 0.25) is 0 Å². The number of benzene rings is 2. The van der Waals surface area contributed by atoms with Gasteiger partial charge in [0.1, 0.15) is 11.5 Å². The number of amides is 1. The molecule has 2 aromatic rings. The van der Waals surface area contributed by atoms with Crippen LogP contribution < -0.4 is 9.47 Å². The highest BCUT2D eigenvalue weighted by Gasteiger charge is 2.27. The molecule has 5 heteroatoms. The highest BCUT2D eigenvalue weighted by Crippen LogP contribution is 2.30. The molecule has 1 atom stereocenters. The lowest BCUT2D eigenvalue weighted by Crippen LogP contribution is -2.34. The van der Waals surface area contributed by atoms with Crippen molar-refractivity contribution in [1.82, 2.24) is 9.80 Å². The molecule has 1 amide bonds. The molecule has 1 aliphatic heterocycles. The molecule has 26 heavy (non-hydrogen) atoms. The molecule has 0 aromatic heterocycles. The summed E-state index contributed by atoms with van der Waals surface area (Å²) in [6.45, 7) is 1.61. The highest BCUT2D eigenvalue weighted by atomic mass is 16.5. The van der Waals surface area contributed by atoms with Gasteiger partial charge >= 0.3 is 0 Å². The molecule has 0 aliphatic carbocycles. The normalized spacial score (nSPS) is 16.8. The number of rotatable bonds is 5. The van der Waals surface area contributed by atoms with Crippen molar-refractivity contribution >= 4 is 5.91 Å². The lowest BCUT2D eigenvalue weighted by atomic mass is 10.0. The largest absolute Gasteiger partial charge is 0.497 e. The molecular weight excluding hydrogens is 328 g/mol. The number of nitrogens with zero attached hydrogens (tertiary/aromatic N) is 2. The van der Waals surface area contributed by atoms with E-state index < -0.39 is 0 Å². The molecule has 0 bridgehead atoms. The molecule has 0 N–H and O–H groups in total. The third-order valence-electron chi connectivity index (χ3n) is 5.00. The Kier molecular flexibility index (Phi) is 5.47. The average Bonchev–Trinajstić information content (AvgIpc) is 3.17. The van der Waals surface area contributed by atoms with Crippen molar-refractivity contribution in [3.05, 3.63) is 48.0 Å². The van der Waals surface area contributed by atoms with Crippen molar-refractivity contribution in [2.75, 3.05) is 41.4 Å². The SMILES string of the molecule is COc1cc(OC)cc(-c2ccc(C(=O)N3CC[C@H](N(C)C)C3)cc2)c1. The molecule has 5 nitrogen and oxygen atoms in total. The number of methoxy groups -OCH3 is 2. The standard InChI is InChI=1S/C21H26N2O3/c1-22(2)18-9-10-23(14-18)21(24)16-7-5-15(6-8-16)17-11-19(25-3)13-20(12-17)26-4/h5-8,11-13,18H,9-10,14H2,1-4H3/t18-/m0/s1. The number of hydrogen-bond donors (Lipinski definition) is 0. The van der Waals surface area contributed by atoms with E-state index >= 15 is 0 Å². The van der Waals surface area contributed by atoms with Crippen molar-refractivity contribution < 1.29 is 14.3 Å². The van der Waals surface area contributed by atoms with Gasteiger partial charge in [-0.05, 0) is 55.9 Å². The summed E-state index contributed by atoms with van der Waals surface area (Å²) in [5, 5.41) is 0. The fourth-order valence-corrected chi connectivity index (χ4v) is 3.31. The molecule has 0 unspecified atom stereocenters. The predicted octanol–water partition coefficient (Wildman–Crippen LogP) is 3.15. The minimum absolute atomic E-state index is 0.101. The molecular formula is C21H26N2O3. The molecule has 3 rings (SSSR count). The van der Waals surface area contributed by atoms with Crippen LogP contribution in [0, 0.1) is 0 Å². The summed E-state index contributed by atoms with van der Waals surface area (Å²) in [6.07, 6.45) is 1.03. The van der Waals surface area contributed by atoms with Crippen LogP contribution in [0.25, 0.3) is 11.1 Å². The first-order valence-corrected chi connectivity index (χ1v) is 8.81. The minimum atomic E-state index is 0.101. The number of likely N-dealkylation sites (N-methyl/N-ethyl adjacent to an activating group) is 1. The maximum Gasteiger partial charge on any atom is 0.253 e.